The van der Waals surface area contributed by atoms with Crippen molar-refractivity contribution in [2.45, 2.75) is 69.7 Å². The van der Waals surface area contributed by atoms with Gasteiger partial charge in [0.1, 0.15) is 18.3 Å². The number of aromatic nitrogens is 4. The second kappa shape index (κ2) is 12.5. The molecule has 0 unspecified atom stereocenters. The highest BCUT2D eigenvalue weighted by Crippen LogP contribution is 2.29. The van der Waals surface area contributed by atoms with Gasteiger partial charge in [-0.3, -0.25) is 9.59 Å². The summed E-state index contributed by atoms with van der Waals surface area (Å²) in [5.74, 6) is 0.746. The predicted octanol–water partition coefficient (Wildman–Crippen LogP) is 3.61. The van der Waals surface area contributed by atoms with Crippen LogP contribution in [-0.4, -0.2) is 69.3 Å². The second-order valence-electron chi connectivity index (χ2n) is 9.81. The van der Waals surface area contributed by atoms with E-state index in [2.05, 4.69) is 20.7 Å². The highest BCUT2D eigenvalue weighted by molar-refractivity contribution is 7.10. The molecule has 1 saturated heterocycles. The molecule has 0 spiro atoms. The van der Waals surface area contributed by atoms with Crippen LogP contribution in [0.4, 0.5) is 0 Å². The number of tetrazole rings is 1. The maximum atomic E-state index is 13.8. The average Bonchev–Trinajstić information content (AvgIpc) is 3.73. The van der Waals surface area contributed by atoms with E-state index >= 15 is 0 Å². The molecule has 202 valence electrons. The Balaban J connectivity index is 1.37. The number of nitrogens with one attached hydrogen (secondary N) is 1. The van der Waals surface area contributed by atoms with Crippen molar-refractivity contribution in [1.82, 2.24) is 30.4 Å². The van der Waals surface area contributed by atoms with Crippen molar-refractivity contribution in [3.8, 4) is 17.1 Å². The van der Waals surface area contributed by atoms with Crippen molar-refractivity contribution in [2.75, 3.05) is 20.3 Å². The first-order valence-corrected chi connectivity index (χ1v) is 14.2. The SMILES string of the molecule is COc1ccc(-c2nnn(CC(=O)N(C[C@@H]3CCCO3)[C@H](C(=O)NC3CCCCC3)c3cccs3)n2)cc1. The molecule has 2 aliphatic rings. The number of carbonyl (C=O) groups excluding carboxylic acids is 2. The summed E-state index contributed by atoms with van der Waals surface area (Å²) in [7, 11) is 1.61. The maximum absolute atomic E-state index is 13.8. The molecule has 1 N–H and O–H groups in total. The lowest BCUT2D eigenvalue weighted by molar-refractivity contribution is -0.143. The predicted molar refractivity (Wildman–Crippen MR) is 143 cm³/mol. The molecule has 0 bridgehead atoms. The minimum atomic E-state index is -0.738. The molecule has 2 atom stereocenters. The van der Waals surface area contributed by atoms with Gasteiger partial charge in [-0.2, -0.15) is 4.80 Å². The zero-order chi connectivity index (χ0) is 26.3. The summed E-state index contributed by atoms with van der Waals surface area (Å²) in [5.41, 5.74) is 0.768. The highest BCUT2D eigenvalue weighted by atomic mass is 32.1. The number of carbonyl (C=O) groups is 2. The van der Waals surface area contributed by atoms with Gasteiger partial charge in [-0.25, -0.2) is 0 Å². The Hall–Kier alpha value is -3.31. The van der Waals surface area contributed by atoms with Crippen molar-refractivity contribution < 1.29 is 19.1 Å². The minimum Gasteiger partial charge on any atom is -0.497 e. The Morgan fingerprint density at radius 3 is 2.66 bits per heavy atom. The van der Waals surface area contributed by atoms with Gasteiger partial charge in [0.15, 0.2) is 0 Å². The number of hydrogen-bond acceptors (Lipinski definition) is 8. The molecule has 1 aliphatic heterocycles. The van der Waals surface area contributed by atoms with E-state index in [4.69, 9.17) is 9.47 Å². The Morgan fingerprint density at radius 1 is 1.16 bits per heavy atom. The normalized spacial score (nSPS) is 18.7. The van der Waals surface area contributed by atoms with E-state index in [9.17, 15) is 9.59 Å². The zero-order valence-corrected chi connectivity index (χ0v) is 22.4. The lowest BCUT2D eigenvalue weighted by Gasteiger charge is -2.33. The molecule has 3 heterocycles. The maximum Gasteiger partial charge on any atom is 0.248 e. The lowest BCUT2D eigenvalue weighted by atomic mass is 9.95. The summed E-state index contributed by atoms with van der Waals surface area (Å²) in [6.07, 6.45) is 7.06. The van der Waals surface area contributed by atoms with Gasteiger partial charge in [0.25, 0.3) is 0 Å². The van der Waals surface area contributed by atoms with E-state index in [0.717, 1.165) is 54.7 Å². The Labute approximate surface area is 226 Å². The molecule has 2 amide bonds. The summed E-state index contributed by atoms with van der Waals surface area (Å²) in [5, 5.41) is 17.9. The van der Waals surface area contributed by atoms with Gasteiger partial charge in [0.05, 0.1) is 13.2 Å². The van der Waals surface area contributed by atoms with Gasteiger partial charge in [-0.15, -0.1) is 21.5 Å². The van der Waals surface area contributed by atoms with Gasteiger partial charge in [-0.1, -0.05) is 25.3 Å². The van der Waals surface area contributed by atoms with Crippen LogP contribution in [0.3, 0.4) is 0 Å². The van der Waals surface area contributed by atoms with Crippen LogP contribution in [-0.2, 0) is 20.9 Å². The summed E-state index contributed by atoms with van der Waals surface area (Å²) in [4.78, 5) is 31.3. The quantitative estimate of drug-likeness (QED) is 0.420. The van der Waals surface area contributed by atoms with Gasteiger partial charge >= 0.3 is 0 Å². The van der Waals surface area contributed by atoms with Crippen molar-refractivity contribution in [1.29, 1.82) is 0 Å². The first-order chi connectivity index (χ1) is 18.6. The number of amides is 2. The van der Waals surface area contributed by atoms with Crippen molar-refractivity contribution >= 4 is 23.2 Å². The van der Waals surface area contributed by atoms with E-state index in [1.165, 1.54) is 22.6 Å². The summed E-state index contributed by atoms with van der Waals surface area (Å²) >= 11 is 1.48. The minimum absolute atomic E-state index is 0.109. The first-order valence-electron chi connectivity index (χ1n) is 13.3. The highest BCUT2D eigenvalue weighted by Gasteiger charge is 2.36. The van der Waals surface area contributed by atoms with Gasteiger partial charge < -0.3 is 19.7 Å². The summed E-state index contributed by atoms with van der Waals surface area (Å²) < 4.78 is 11.1. The number of rotatable bonds is 10. The van der Waals surface area contributed by atoms with Crippen LogP contribution in [0, 0.1) is 0 Å². The fourth-order valence-electron chi connectivity index (χ4n) is 5.13. The monoisotopic (exact) mass is 538 g/mol. The smallest absolute Gasteiger partial charge is 0.248 e. The Morgan fingerprint density at radius 2 is 1.97 bits per heavy atom. The van der Waals surface area contributed by atoms with Crippen LogP contribution in [0.15, 0.2) is 41.8 Å². The largest absolute Gasteiger partial charge is 0.497 e. The summed E-state index contributed by atoms with van der Waals surface area (Å²) in [6.45, 7) is 0.870. The summed E-state index contributed by atoms with van der Waals surface area (Å²) in [6, 6.07) is 10.6. The van der Waals surface area contributed by atoms with Crippen LogP contribution in [0.2, 0.25) is 0 Å². The third-order valence-corrected chi connectivity index (χ3v) is 8.07. The fourth-order valence-corrected chi connectivity index (χ4v) is 5.97. The van der Waals surface area contributed by atoms with Crippen molar-refractivity contribution in [3.63, 3.8) is 0 Å². The molecule has 1 aliphatic carbocycles. The lowest BCUT2D eigenvalue weighted by Crippen LogP contribution is -2.49. The van der Waals surface area contributed by atoms with E-state index < -0.39 is 6.04 Å². The molecule has 2 fully saturated rings. The molecule has 2 aromatic heterocycles. The number of hydrogen-bond donors (Lipinski definition) is 1. The van der Waals surface area contributed by atoms with Gasteiger partial charge in [-0.05, 0) is 66.6 Å². The Kier molecular flexibility index (Phi) is 8.65. The van der Waals surface area contributed by atoms with E-state index in [0.29, 0.717) is 19.0 Å². The molecular weight excluding hydrogens is 504 g/mol. The molecule has 1 saturated carbocycles. The molecule has 10 nitrogen and oxygen atoms in total. The van der Waals surface area contributed by atoms with Crippen LogP contribution >= 0.6 is 11.3 Å². The third kappa shape index (κ3) is 6.39. The molecule has 11 heteroatoms. The second-order valence-corrected chi connectivity index (χ2v) is 10.8. The number of thiophene rings is 1. The first kappa shape index (κ1) is 26.3. The molecule has 0 radical (unpaired) electrons. The average molecular weight is 539 g/mol. The van der Waals surface area contributed by atoms with E-state index in [-0.39, 0.29) is 30.5 Å². The molecule has 3 aromatic rings. The standard InChI is InChI=1S/C27H34N6O4S/c1-36-21-13-11-19(12-14-21)26-29-31-33(30-26)18-24(34)32(17-22-9-5-15-37-22)25(23-10-6-16-38-23)27(35)28-20-7-3-2-4-8-20/h6,10-14,16,20,22,25H,2-5,7-9,15,17-18H2,1H3,(H,28,35)/t22-,25-/m0/s1. The Bertz CT molecular complexity index is 1190. The molecule has 38 heavy (non-hydrogen) atoms. The van der Waals surface area contributed by atoms with Crippen molar-refractivity contribution in [3.05, 3.63) is 46.7 Å². The van der Waals surface area contributed by atoms with Gasteiger partial charge in [0.2, 0.25) is 17.6 Å². The van der Waals surface area contributed by atoms with Crippen molar-refractivity contribution in [2.24, 2.45) is 0 Å². The van der Waals surface area contributed by atoms with E-state index in [1.807, 2.05) is 41.8 Å². The third-order valence-electron chi connectivity index (χ3n) is 7.15. The number of methoxy groups -OCH3 is 1. The molecular formula is C27H34N6O4S. The van der Waals surface area contributed by atoms with Crippen LogP contribution in [0.5, 0.6) is 5.75 Å². The molecule has 1 aromatic carbocycles. The zero-order valence-electron chi connectivity index (χ0n) is 21.6. The molecule has 5 rings (SSSR count). The number of ether oxygens (including phenoxy) is 2. The van der Waals surface area contributed by atoms with Crippen LogP contribution in [0.25, 0.3) is 11.4 Å². The topological polar surface area (TPSA) is 111 Å². The van der Waals surface area contributed by atoms with E-state index in [1.54, 1.807) is 12.0 Å². The van der Waals surface area contributed by atoms with Crippen LogP contribution < -0.4 is 10.1 Å². The fraction of sp³-hybridized carbons (Fsp3) is 0.519. The van der Waals surface area contributed by atoms with Gasteiger partial charge in [0, 0.05) is 29.6 Å². The number of nitrogens with zero attached hydrogens (tertiary/aromatic N) is 5. The van der Waals surface area contributed by atoms with Crippen LogP contribution in [0.1, 0.15) is 55.9 Å². The number of benzene rings is 1.